The van der Waals surface area contributed by atoms with Gasteiger partial charge in [0.15, 0.2) is 11.5 Å². The number of aromatic nitrogens is 1. The van der Waals surface area contributed by atoms with Crippen LogP contribution in [0.2, 0.25) is 0 Å². The largest absolute Gasteiger partial charge is 0.486 e. The van der Waals surface area contributed by atoms with Crippen LogP contribution in [0.5, 0.6) is 11.5 Å². The lowest BCUT2D eigenvalue weighted by molar-refractivity contribution is 0.0472. The van der Waals surface area contributed by atoms with Gasteiger partial charge in [0, 0.05) is 11.8 Å². The molecule has 0 atom stereocenters. The van der Waals surface area contributed by atoms with E-state index >= 15 is 0 Å². The zero-order valence-corrected chi connectivity index (χ0v) is 18.8. The van der Waals surface area contributed by atoms with Gasteiger partial charge in [-0.15, -0.1) is 11.3 Å². The Morgan fingerprint density at radius 3 is 2.55 bits per heavy atom. The molecule has 1 aromatic heterocycles. The first-order valence-corrected chi connectivity index (χ1v) is 12.3. The number of hydrogen-bond acceptors (Lipinski definition) is 8. The maximum absolute atomic E-state index is 12.7. The topological polar surface area (TPSA) is 104 Å². The van der Waals surface area contributed by atoms with E-state index in [0.29, 0.717) is 41.0 Å². The highest BCUT2D eigenvalue weighted by atomic mass is 32.2. The standard InChI is InChI=1S/C23H18N2O6S2/c26-23(31-14-22-24-18-3-1-2-4-21(18)32-22)15-5-7-16(8-6-15)25-33(27,28)17-9-10-19-20(13-17)30-12-11-29-19/h1-10,13,25H,11-12,14H2. The number of carbonyl (C=O) groups is 1. The zero-order chi connectivity index (χ0) is 22.8. The molecule has 0 unspecified atom stereocenters. The number of fused-ring (bicyclic) bond motifs is 2. The molecule has 0 fully saturated rings. The van der Waals surface area contributed by atoms with Gasteiger partial charge in [-0.25, -0.2) is 18.2 Å². The van der Waals surface area contributed by atoms with Crippen molar-refractivity contribution in [2.24, 2.45) is 0 Å². The Hall–Kier alpha value is -3.63. The molecule has 4 aromatic rings. The van der Waals surface area contributed by atoms with Gasteiger partial charge >= 0.3 is 5.97 Å². The van der Waals surface area contributed by atoms with Gasteiger partial charge in [0.2, 0.25) is 0 Å². The number of anilines is 1. The van der Waals surface area contributed by atoms with E-state index in [1.54, 1.807) is 6.07 Å². The second kappa shape index (κ2) is 8.72. The van der Waals surface area contributed by atoms with E-state index in [4.69, 9.17) is 14.2 Å². The van der Waals surface area contributed by atoms with Gasteiger partial charge in [-0.3, -0.25) is 4.72 Å². The van der Waals surface area contributed by atoms with Crippen molar-refractivity contribution in [1.29, 1.82) is 0 Å². The lowest BCUT2D eigenvalue weighted by atomic mass is 10.2. The molecule has 0 bridgehead atoms. The van der Waals surface area contributed by atoms with Gasteiger partial charge in [0.05, 0.1) is 20.7 Å². The number of nitrogens with zero attached hydrogens (tertiary/aromatic N) is 1. The Labute approximate surface area is 193 Å². The molecule has 10 heteroatoms. The highest BCUT2D eigenvalue weighted by Gasteiger charge is 2.20. The van der Waals surface area contributed by atoms with Gasteiger partial charge in [0.25, 0.3) is 10.0 Å². The minimum atomic E-state index is -3.85. The highest BCUT2D eigenvalue weighted by molar-refractivity contribution is 7.92. The quantitative estimate of drug-likeness (QED) is 0.410. The summed E-state index contributed by atoms with van der Waals surface area (Å²) in [6.45, 7) is 0.851. The number of hydrogen-bond donors (Lipinski definition) is 1. The van der Waals surface area contributed by atoms with Gasteiger partial charge in [-0.2, -0.15) is 0 Å². The van der Waals surface area contributed by atoms with Crippen molar-refractivity contribution in [3.8, 4) is 11.5 Å². The minimum Gasteiger partial charge on any atom is -0.486 e. The summed E-state index contributed by atoms with van der Waals surface area (Å²) < 4.78 is 45.2. The molecule has 5 rings (SSSR count). The monoisotopic (exact) mass is 482 g/mol. The van der Waals surface area contributed by atoms with E-state index in [-0.39, 0.29) is 11.5 Å². The number of para-hydroxylation sites is 1. The van der Waals surface area contributed by atoms with Crippen molar-refractivity contribution >= 4 is 43.2 Å². The van der Waals surface area contributed by atoms with Crippen LogP contribution in [0.25, 0.3) is 10.2 Å². The number of ether oxygens (including phenoxy) is 3. The number of thiazole rings is 1. The molecule has 1 aliphatic rings. The molecule has 2 heterocycles. The molecule has 1 N–H and O–H groups in total. The first-order valence-electron chi connectivity index (χ1n) is 10.0. The predicted octanol–water partition coefficient (Wildman–Crippen LogP) is 4.23. The number of benzene rings is 3. The minimum absolute atomic E-state index is 0.0473. The van der Waals surface area contributed by atoms with Crippen LogP contribution in [-0.4, -0.2) is 32.6 Å². The Balaban J connectivity index is 1.23. The van der Waals surface area contributed by atoms with Crippen LogP contribution >= 0.6 is 11.3 Å². The molecule has 0 aliphatic carbocycles. The maximum Gasteiger partial charge on any atom is 0.338 e. The van der Waals surface area contributed by atoms with Crippen molar-refractivity contribution in [1.82, 2.24) is 4.98 Å². The predicted molar refractivity (Wildman–Crippen MR) is 123 cm³/mol. The molecule has 0 saturated heterocycles. The van der Waals surface area contributed by atoms with Crippen LogP contribution in [0.3, 0.4) is 0 Å². The van der Waals surface area contributed by atoms with Crippen LogP contribution in [0.1, 0.15) is 15.4 Å². The third-order valence-electron chi connectivity index (χ3n) is 4.86. The Morgan fingerprint density at radius 1 is 1.00 bits per heavy atom. The first-order chi connectivity index (χ1) is 16.0. The fourth-order valence-corrected chi connectivity index (χ4v) is 5.23. The fourth-order valence-electron chi connectivity index (χ4n) is 3.27. The Kier molecular flexibility index (Phi) is 5.61. The average molecular weight is 483 g/mol. The molecular formula is C23H18N2O6S2. The molecule has 33 heavy (non-hydrogen) atoms. The Morgan fingerprint density at radius 2 is 1.76 bits per heavy atom. The number of carbonyl (C=O) groups excluding carboxylic acids is 1. The summed E-state index contributed by atoms with van der Waals surface area (Å²) in [7, 11) is -3.85. The third-order valence-corrected chi connectivity index (χ3v) is 7.25. The number of sulfonamides is 1. The summed E-state index contributed by atoms with van der Waals surface area (Å²) in [5.41, 5.74) is 1.48. The molecule has 0 radical (unpaired) electrons. The highest BCUT2D eigenvalue weighted by Crippen LogP contribution is 2.32. The van der Waals surface area contributed by atoms with Crippen molar-refractivity contribution in [3.63, 3.8) is 0 Å². The normalized spacial score (nSPS) is 13.0. The SMILES string of the molecule is O=C(OCc1nc2ccccc2s1)c1ccc(NS(=O)(=O)c2ccc3c(c2)OCCO3)cc1. The smallest absolute Gasteiger partial charge is 0.338 e. The lowest BCUT2D eigenvalue weighted by Gasteiger charge is -2.19. The maximum atomic E-state index is 12.7. The lowest BCUT2D eigenvalue weighted by Crippen LogP contribution is -2.17. The van der Waals surface area contributed by atoms with E-state index in [0.717, 1.165) is 10.2 Å². The van der Waals surface area contributed by atoms with Gasteiger partial charge in [-0.1, -0.05) is 12.1 Å². The molecule has 3 aromatic carbocycles. The third kappa shape index (κ3) is 4.62. The van der Waals surface area contributed by atoms with E-state index in [9.17, 15) is 13.2 Å². The van der Waals surface area contributed by atoms with Gasteiger partial charge in [-0.05, 0) is 48.5 Å². The molecular weight excluding hydrogens is 464 g/mol. The van der Waals surface area contributed by atoms with E-state index in [1.807, 2.05) is 24.3 Å². The molecule has 1 aliphatic heterocycles. The fraction of sp³-hybridized carbons (Fsp3) is 0.130. The first kappa shape index (κ1) is 21.2. The number of esters is 1. The van der Waals surface area contributed by atoms with E-state index in [1.165, 1.54) is 47.7 Å². The van der Waals surface area contributed by atoms with Crippen molar-refractivity contribution in [3.05, 3.63) is 77.3 Å². The number of rotatable bonds is 6. The summed E-state index contributed by atoms with van der Waals surface area (Å²) in [5, 5.41) is 0.702. The summed E-state index contributed by atoms with van der Waals surface area (Å²) in [6.07, 6.45) is 0. The van der Waals surface area contributed by atoms with Crippen LogP contribution in [0.15, 0.2) is 71.6 Å². The van der Waals surface area contributed by atoms with Crippen molar-refractivity contribution in [2.75, 3.05) is 17.9 Å². The van der Waals surface area contributed by atoms with Gasteiger partial charge < -0.3 is 14.2 Å². The second-order valence-corrected chi connectivity index (χ2v) is 9.94. The molecule has 0 saturated carbocycles. The molecule has 8 nitrogen and oxygen atoms in total. The average Bonchev–Trinajstić information content (AvgIpc) is 3.25. The van der Waals surface area contributed by atoms with E-state index < -0.39 is 16.0 Å². The van der Waals surface area contributed by atoms with Crippen LogP contribution < -0.4 is 14.2 Å². The summed E-state index contributed by atoms with van der Waals surface area (Å²) in [6, 6.07) is 18.1. The summed E-state index contributed by atoms with van der Waals surface area (Å²) >= 11 is 1.47. The van der Waals surface area contributed by atoms with Crippen LogP contribution in [0, 0.1) is 0 Å². The van der Waals surface area contributed by atoms with Crippen molar-refractivity contribution in [2.45, 2.75) is 11.5 Å². The summed E-state index contributed by atoms with van der Waals surface area (Å²) in [5.74, 6) is 0.375. The summed E-state index contributed by atoms with van der Waals surface area (Å²) in [4.78, 5) is 16.9. The second-order valence-electron chi connectivity index (χ2n) is 7.14. The zero-order valence-electron chi connectivity index (χ0n) is 17.2. The molecule has 168 valence electrons. The number of nitrogens with one attached hydrogen (secondary N) is 1. The Bertz CT molecular complexity index is 1400. The van der Waals surface area contributed by atoms with Crippen LogP contribution in [0.4, 0.5) is 5.69 Å². The van der Waals surface area contributed by atoms with Gasteiger partial charge in [0.1, 0.15) is 24.8 Å². The van der Waals surface area contributed by atoms with Crippen molar-refractivity contribution < 1.29 is 27.4 Å². The molecule has 0 spiro atoms. The molecule has 0 amide bonds. The van der Waals surface area contributed by atoms with E-state index in [2.05, 4.69) is 9.71 Å². The van der Waals surface area contributed by atoms with Crippen LogP contribution in [-0.2, 0) is 21.4 Å².